The smallest absolute Gasteiger partial charge is 0.411 e. The highest BCUT2D eigenvalue weighted by Crippen LogP contribution is 2.28. The minimum Gasteiger partial charge on any atom is -0.465 e. The number of carbonyl (C=O) groups is 2. The molecule has 0 aliphatic carbocycles. The Morgan fingerprint density at radius 2 is 2.25 bits per heavy atom. The van der Waals surface area contributed by atoms with Crippen LogP contribution in [-0.2, 0) is 6.42 Å². The van der Waals surface area contributed by atoms with E-state index in [1.165, 1.54) is 4.90 Å². The van der Waals surface area contributed by atoms with E-state index in [9.17, 15) is 9.59 Å². The largest absolute Gasteiger partial charge is 0.465 e. The molecule has 4 heteroatoms. The number of hydrogen-bond acceptors (Lipinski definition) is 2. The molecule has 1 N–H and O–H groups in total. The SMILES string of the molecule is CCc1ccc2c(c1)C(=O)CCN2C(=O)O. The monoisotopic (exact) mass is 219 g/mol. The van der Waals surface area contributed by atoms with Gasteiger partial charge in [-0.3, -0.25) is 9.69 Å². The van der Waals surface area contributed by atoms with Gasteiger partial charge in [-0.05, 0) is 24.1 Å². The van der Waals surface area contributed by atoms with E-state index in [2.05, 4.69) is 0 Å². The van der Waals surface area contributed by atoms with Crippen LogP contribution in [0.2, 0.25) is 0 Å². The lowest BCUT2D eigenvalue weighted by Gasteiger charge is -2.26. The van der Waals surface area contributed by atoms with Gasteiger partial charge in [-0.25, -0.2) is 4.79 Å². The number of ketones is 1. The lowest BCUT2D eigenvalue weighted by molar-refractivity contribution is 0.0980. The molecule has 1 aromatic carbocycles. The van der Waals surface area contributed by atoms with Gasteiger partial charge in [0.1, 0.15) is 0 Å². The van der Waals surface area contributed by atoms with Crippen molar-refractivity contribution >= 4 is 17.6 Å². The molecule has 0 bridgehead atoms. The summed E-state index contributed by atoms with van der Waals surface area (Å²) in [5.74, 6) is 0.0304. The Kier molecular flexibility index (Phi) is 2.64. The maximum Gasteiger partial charge on any atom is 0.411 e. The summed E-state index contributed by atoms with van der Waals surface area (Å²) >= 11 is 0. The predicted octanol–water partition coefficient (Wildman–Crippen LogP) is 2.32. The van der Waals surface area contributed by atoms with Crippen LogP contribution in [0.3, 0.4) is 0 Å². The van der Waals surface area contributed by atoms with Crippen molar-refractivity contribution in [2.45, 2.75) is 19.8 Å². The fourth-order valence-corrected chi connectivity index (χ4v) is 1.93. The molecule has 0 saturated carbocycles. The third kappa shape index (κ3) is 1.66. The number of Topliss-reactive ketones (excluding diaryl/α,β-unsaturated/α-hetero) is 1. The Morgan fingerprint density at radius 3 is 2.88 bits per heavy atom. The Bertz CT molecular complexity index is 454. The molecule has 1 aromatic rings. The van der Waals surface area contributed by atoms with Crippen LogP contribution >= 0.6 is 0 Å². The molecule has 1 heterocycles. The molecular weight excluding hydrogens is 206 g/mol. The summed E-state index contributed by atoms with van der Waals surface area (Å²) in [5, 5.41) is 9.01. The molecule has 1 aliphatic heterocycles. The van der Waals surface area contributed by atoms with Crippen molar-refractivity contribution in [3.63, 3.8) is 0 Å². The molecule has 0 unspecified atom stereocenters. The van der Waals surface area contributed by atoms with Crippen molar-refractivity contribution in [1.29, 1.82) is 0 Å². The van der Waals surface area contributed by atoms with Gasteiger partial charge in [0.15, 0.2) is 5.78 Å². The average Bonchev–Trinajstić information content (AvgIpc) is 2.29. The second-order valence-electron chi connectivity index (χ2n) is 3.81. The third-order valence-corrected chi connectivity index (χ3v) is 2.85. The highest BCUT2D eigenvalue weighted by molar-refractivity contribution is 6.07. The first kappa shape index (κ1) is 10.7. The number of fused-ring (bicyclic) bond motifs is 1. The van der Waals surface area contributed by atoms with Crippen LogP contribution in [0.5, 0.6) is 0 Å². The standard InChI is InChI=1S/C12H13NO3/c1-2-8-3-4-10-9(7-8)11(14)5-6-13(10)12(15)16/h3-4,7H,2,5-6H2,1H3,(H,15,16). The Morgan fingerprint density at radius 1 is 1.50 bits per heavy atom. The van der Waals surface area contributed by atoms with Crippen LogP contribution in [0.25, 0.3) is 0 Å². The second-order valence-corrected chi connectivity index (χ2v) is 3.81. The summed E-state index contributed by atoms with van der Waals surface area (Å²) in [6.07, 6.45) is 0.109. The number of amides is 1. The van der Waals surface area contributed by atoms with E-state index in [1.807, 2.05) is 13.0 Å². The van der Waals surface area contributed by atoms with Crippen molar-refractivity contribution in [3.8, 4) is 0 Å². The fraction of sp³-hybridized carbons (Fsp3) is 0.333. The number of carbonyl (C=O) groups excluding carboxylic acids is 1. The molecule has 0 saturated heterocycles. The quantitative estimate of drug-likeness (QED) is 0.788. The number of nitrogens with zero attached hydrogens (tertiary/aromatic N) is 1. The maximum atomic E-state index is 11.7. The van der Waals surface area contributed by atoms with Gasteiger partial charge in [-0.1, -0.05) is 13.0 Å². The molecule has 0 radical (unpaired) electrons. The van der Waals surface area contributed by atoms with Crippen molar-refractivity contribution < 1.29 is 14.7 Å². The Labute approximate surface area is 93.5 Å². The van der Waals surface area contributed by atoms with E-state index >= 15 is 0 Å². The van der Waals surface area contributed by atoms with Gasteiger partial charge in [0.05, 0.1) is 5.69 Å². The molecule has 0 atom stereocenters. The third-order valence-electron chi connectivity index (χ3n) is 2.85. The highest BCUT2D eigenvalue weighted by atomic mass is 16.4. The number of rotatable bonds is 1. The molecule has 0 fully saturated rings. The van der Waals surface area contributed by atoms with Gasteiger partial charge in [-0.15, -0.1) is 0 Å². The zero-order valence-electron chi connectivity index (χ0n) is 9.06. The van der Waals surface area contributed by atoms with Crippen LogP contribution in [0.1, 0.15) is 29.3 Å². The molecule has 2 rings (SSSR count). The zero-order valence-corrected chi connectivity index (χ0v) is 9.06. The van der Waals surface area contributed by atoms with Crippen LogP contribution in [0.4, 0.5) is 10.5 Å². The minimum absolute atomic E-state index is 0.0304. The zero-order chi connectivity index (χ0) is 11.7. The molecule has 16 heavy (non-hydrogen) atoms. The van der Waals surface area contributed by atoms with Gasteiger partial charge < -0.3 is 5.11 Å². The molecule has 4 nitrogen and oxygen atoms in total. The van der Waals surface area contributed by atoms with Gasteiger partial charge in [0.2, 0.25) is 0 Å². The van der Waals surface area contributed by atoms with E-state index in [0.717, 1.165) is 12.0 Å². The van der Waals surface area contributed by atoms with Gasteiger partial charge in [0.25, 0.3) is 0 Å². The van der Waals surface area contributed by atoms with E-state index in [4.69, 9.17) is 5.11 Å². The summed E-state index contributed by atoms with van der Waals surface area (Å²) in [5.41, 5.74) is 2.10. The maximum absolute atomic E-state index is 11.7. The molecule has 1 aliphatic rings. The van der Waals surface area contributed by atoms with Gasteiger partial charge >= 0.3 is 6.09 Å². The first-order chi connectivity index (χ1) is 7.63. The predicted molar refractivity (Wildman–Crippen MR) is 60.1 cm³/mol. The normalized spacial score (nSPS) is 14.8. The summed E-state index contributed by atoms with van der Waals surface area (Å²) in [6, 6.07) is 5.39. The lowest BCUT2D eigenvalue weighted by Crippen LogP contribution is -2.36. The minimum atomic E-state index is -1.00. The molecular formula is C12H13NO3. The van der Waals surface area contributed by atoms with Crippen molar-refractivity contribution in [2.24, 2.45) is 0 Å². The van der Waals surface area contributed by atoms with Gasteiger partial charge in [-0.2, -0.15) is 0 Å². The van der Waals surface area contributed by atoms with Crippen molar-refractivity contribution in [1.82, 2.24) is 0 Å². The summed E-state index contributed by atoms with van der Waals surface area (Å²) in [4.78, 5) is 23.9. The Balaban J connectivity index is 2.51. The van der Waals surface area contributed by atoms with E-state index in [-0.39, 0.29) is 18.7 Å². The van der Waals surface area contributed by atoms with Crippen LogP contribution in [-0.4, -0.2) is 23.5 Å². The molecule has 0 aromatic heterocycles. The lowest BCUT2D eigenvalue weighted by atomic mass is 9.97. The summed E-state index contributed by atoms with van der Waals surface area (Å²) in [6.45, 7) is 2.26. The number of aryl methyl sites for hydroxylation is 1. The van der Waals surface area contributed by atoms with Crippen molar-refractivity contribution in [3.05, 3.63) is 29.3 Å². The number of hydrogen-bond donors (Lipinski definition) is 1. The number of carboxylic acid groups (broad SMARTS) is 1. The number of benzene rings is 1. The highest BCUT2D eigenvalue weighted by Gasteiger charge is 2.26. The van der Waals surface area contributed by atoms with Crippen LogP contribution in [0.15, 0.2) is 18.2 Å². The van der Waals surface area contributed by atoms with E-state index in [1.54, 1.807) is 12.1 Å². The molecule has 84 valence electrons. The van der Waals surface area contributed by atoms with Crippen molar-refractivity contribution in [2.75, 3.05) is 11.4 Å². The van der Waals surface area contributed by atoms with Crippen LogP contribution in [0, 0.1) is 0 Å². The fourth-order valence-electron chi connectivity index (χ4n) is 1.93. The summed E-state index contributed by atoms with van der Waals surface area (Å²) in [7, 11) is 0. The van der Waals surface area contributed by atoms with Crippen LogP contribution < -0.4 is 4.90 Å². The Hall–Kier alpha value is -1.84. The van der Waals surface area contributed by atoms with Gasteiger partial charge in [0, 0.05) is 18.5 Å². The topological polar surface area (TPSA) is 57.6 Å². The van der Waals surface area contributed by atoms with E-state index in [0.29, 0.717) is 11.3 Å². The molecule has 0 spiro atoms. The average molecular weight is 219 g/mol. The second kappa shape index (κ2) is 3.96. The summed E-state index contributed by atoms with van der Waals surface area (Å²) < 4.78 is 0. The number of anilines is 1. The van der Waals surface area contributed by atoms with E-state index < -0.39 is 6.09 Å². The first-order valence-corrected chi connectivity index (χ1v) is 5.30. The first-order valence-electron chi connectivity index (χ1n) is 5.30. The molecule has 1 amide bonds.